The monoisotopic (exact) mass is 282 g/mol. The lowest BCUT2D eigenvalue weighted by atomic mass is 9.89. The fourth-order valence-electron chi connectivity index (χ4n) is 2.45. The molecule has 2 amide bonds. The van der Waals surface area contributed by atoms with E-state index in [2.05, 4.69) is 22.3 Å². The number of imide groups is 1. The zero-order chi connectivity index (χ0) is 14.7. The van der Waals surface area contributed by atoms with Crippen molar-refractivity contribution in [2.24, 2.45) is 11.1 Å². The molecule has 0 aromatic heterocycles. The van der Waals surface area contributed by atoms with Crippen LogP contribution in [0.5, 0.6) is 0 Å². The molecule has 0 saturated carbocycles. The Hall–Kier alpha value is -1.82. The van der Waals surface area contributed by atoms with Crippen LogP contribution in [0.25, 0.3) is 0 Å². The molecule has 5 atom stereocenters. The number of ether oxygens (including phenoxy) is 1. The fourth-order valence-corrected chi connectivity index (χ4v) is 2.45. The second-order valence-corrected chi connectivity index (χ2v) is 4.76. The van der Waals surface area contributed by atoms with Gasteiger partial charge in [0.15, 0.2) is 0 Å². The van der Waals surface area contributed by atoms with Gasteiger partial charge in [0, 0.05) is 18.8 Å². The van der Waals surface area contributed by atoms with E-state index in [1.54, 1.807) is 0 Å². The number of aliphatic hydroxyl groups excluding tert-OH is 2. The van der Waals surface area contributed by atoms with E-state index in [0.717, 1.165) is 0 Å². The van der Waals surface area contributed by atoms with E-state index in [1.807, 2.05) is 0 Å². The van der Waals surface area contributed by atoms with Crippen molar-refractivity contribution in [3.63, 3.8) is 0 Å². The van der Waals surface area contributed by atoms with Gasteiger partial charge in [-0.15, -0.1) is 0 Å². The average molecular weight is 282 g/mol. The molecule has 108 valence electrons. The van der Waals surface area contributed by atoms with Crippen LogP contribution < -0.4 is 5.32 Å². The number of carbonyl (C=O) groups excluding carboxylic acids is 2. The standard InChI is InChI=1S/C12H14N2O6/c15-5-7-11(18)10(14-19)12(20-7)6-2-1-3-8(16)13-9(17)4-6/h6-7,10-12,15,18H,2,4-5H2,(H,13,16,17)/t6?,7-,10-,11-,12+/m1/s1. The van der Waals surface area contributed by atoms with Gasteiger partial charge in [0.2, 0.25) is 5.91 Å². The number of nitroso groups, excluding NO2 is 1. The molecule has 0 aliphatic carbocycles. The molecule has 3 N–H and O–H groups in total. The molecule has 1 saturated heterocycles. The summed E-state index contributed by atoms with van der Waals surface area (Å²) in [4.78, 5) is 33.5. The smallest absolute Gasteiger partial charge is 0.302 e. The van der Waals surface area contributed by atoms with Crippen LogP contribution >= 0.6 is 0 Å². The Kier molecular flexibility index (Phi) is 4.44. The molecule has 2 heterocycles. The molecule has 2 rings (SSSR count). The third-order valence-corrected chi connectivity index (χ3v) is 3.43. The zero-order valence-corrected chi connectivity index (χ0v) is 10.5. The van der Waals surface area contributed by atoms with Crippen molar-refractivity contribution in [1.82, 2.24) is 5.32 Å². The first-order chi connectivity index (χ1) is 9.56. The SMILES string of the molecule is O=N[C@@H]1[C@H](O)[C@@H](CO)O[C@H]1C1CC#CC(=O)NC(=O)C1. The van der Waals surface area contributed by atoms with Crippen LogP contribution in [0.4, 0.5) is 0 Å². The van der Waals surface area contributed by atoms with Crippen molar-refractivity contribution < 1.29 is 24.5 Å². The Bertz CT molecular complexity index is 482. The topological polar surface area (TPSA) is 125 Å². The number of carbonyl (C=O) groups is 2. The van der Waals surface area contributed by atoms with E-state index in [0.29, 0.717) is 0 Å². The summed E-state index contributed by atoms with van der Waals surface area (Å²) in [6.07, 6.45) is -2.84. The Morgan fingerprint density at radius 1 is 1.45 bits per heavy atom. The van der Waals surface area contributed by atoms with Crippen LogP contribution in [0.1, 0.15) is 12.8 Å². The van der Waals surface area contributed by atoms with Gasteiger partial charge in [-0.1, -0.05) is 11.1 Å². The second kappa shape index (κ2) is 6.09. The highest BCUT2D eigenvalue weighted by atomic mass is 16.5. The molecule has 0 spiro atoms. The van der Waals surface area contributed by atoms with E-state index >= 15 is 0 Å². The summed E-state index contributed by atoms with van der Waals surface area (Å²) in [5.74, 6) is 3.16. The van der Waals surface area contributed by atoms with Gasteiger partial charge in [-0.25, -0.2) is 0 Å². The lowest BCUT2D eigenvalue weighted by molar-refractivity contribution is -0.129. The number of rotatable bonds is 3. The summed E-state index contributed by atoms with van der Waals surface area (Å²) >= 11 is 0. The summed E-state index contributed by atoms with van der Waals surface area (Å²) in [7, 11) is 0. The Labute approximate surface area is 114 Å². The molecule has 8 nitrogen and oxygen atoms in total. The summed E-state index contributed by atoms with van der Waals surface area (Å²) < 4.78 is 5.41. The summed E-state index contributed by atoms with van der Waals surface area (Å²) in [5, 5.41) is 23.8. The number of hydrogen-bond acceptors (Lipinski definition) is 7. The molecule has 2 aliphatic heterocycles. The Morgan fingerprint density at radius 2 is 2.20 bits per heavy atom. The van der Waals surface area contributed by atoms with Crippen LogP contribution in [0.3, 0.4) is 0 Å². The highest BCUT2D eigenvalue weighted by Gasteiger charge is 2.48. The fraction of sp³-hybridized carbons (Fsp3) is 0.667. The number of aliphatic hydroxyl groups is 2. The number of nitrogens with one attached hydrogen (secondary N) is 1. The lowest BCUT2D eigenvalue weighted by Gasteiger charge is -2.23. The maximum absolute atomic E-state index is 11.6. The molecule has 1 fully saturated rings. The van der Waals surface area contributed by atoms with E-state index in [-0.39, 0.29) is 12.8 Å². The van der Waals surface area contributed by atoms with Crippen LogP contribution in [-0.2, 0) is 14.3 Å². The summed E-state index contributed by atoms with van der Waals surface area (Å²) in [6, 6.07) is -1.07. The molecule has 2 aliphatic rings. The molecule has 0 bridgehead atoms. The third-order valence-electron chi connectivity index (χ3n) is 3.43. The van der Waals surface area contributed by atoms with E-state index in [9.17, 15) is 19.6 Å². The van der Waals surface area contributed by atoms with Crippen LogP contribution in [0.15, 0.2) is 5.18 Å². The van der Waals surface area contributed by atoms with Crippen molar-refractivity contribution in [3.05, 3.63) is 4.91 Å². The summed E-state index contributed by atoms with van der Waals surface area (Å²) in [5.41, 5.74) is 0. The predicted octanol–water partition coefficient (Wildman–Crippen LogP) is -1.70. The minimum Gasteiger partial charge on any atom is -0.394 e. The highest BCUT2D eigenvalue weighted by molar-refractivity contribution is 6.04. The molecule has 0 radical (unpaired) electrons. The van der Waals surface area contributed by atoms with Crippen molar-refractivity contribution in [2.75, 3.05) is 6.61 Å². The maximum atomic E-state index is 11.6. The van der Waals surface area contributed by atoms with Crippen molar-refractivity contribution >= 4 is 11.8 Å². The summed E-state index contributed by atoms with van der Waals surface area (Å²) in [6.45, 7) is -0.452. The number of hydrogen-bond donors (Lipinski definition) is 3. The normalized spacial score (nSPS) is 37.4. The number of amides is 2. The van der Waals surface area contributed by atoms with Crippen LogP contribution in [-0.4, -0.2) is 53.0 Å². The molecule has 20 heavy (non-hydrogen) atoms. The minimum absolute atomic E-state index is 0.0675. The van der Waals surface area contributed by atoms with Crippen molar-refractivity contribution in [3.8, 4) is 11.8 Å². The number of nitrogens with zero attached hydrogens (tertiary/aromatic N) is 1. The van der Waals surface area contributed by atoms with Gasteiger partial charge in [-0.3, -0.25) is 14.9 Å². The van der Waals surface area contributed by atoms with E-state index in [1.165, 1.54) is 0 Å². The van der Waals surface area contributed by atoms with Crippen LogP contribution in [0, 0.1) is 22.7 Å². The quantitative estimate of drug-likeness (QED) is 0.322. The molecule has 0 aromatic carbocycles. The molecular formula is C12H14N2O6. The molecule has 0 aromatic rings. The van der Waals surface area contributed by atoms with E-state index in [4.69, 9.17) is 9.84 Å². The highest BCUT2D eigenvalue weighted by Crippen LogP contribution is 2.32. The first kappa shape index (κ1) is 14.6. The Morgan fingerprint density at radius 3 is 2.85 bits per heavy atom. The maximum Gasteiger partial charge on any atom is 0.302 e. The van der Waals surface area contributed by atoms with Gasteiger partial charge in [-0.05, 0) is 5.92 Å². The predicted molar refractivity (Wildman–Crippen MR) is 65.0 cm³/mol. The van der Waals surface area contributed by atoms with Gasteiger partial charge < -0.3 is 14.9 Å². The average Bonchev–Trinajstić information content (AvgIpc) is 2.71. The van der Waals surface area contributed by atoms with Gasteiger partial charge >= 0.3 is 5.91 Å². The van der Waals surface area contributed by atoms with Crippen molar-refractivity contribution in [1.29, 1.82) is 0 Å². The third kappa shape index (κ3) is 2.85. The van der Waals surface area contributed by atoms with Gasteiger partial charge in [0.25, 0.3) is 0 Å². The van der Waals surface area contributed by atoms with Crippen LogP contribution in [0.2, 0.25) is 0 Å². The second-order valence-electron chi connectivity index (χ2n) is 4.76. The van der Waals surface area contributed by atoms with Gasteiger partial charge in [0.05, 0.1) is 12.7 Å². The zero-order valence-electron chi connectivity index (χ0n) is 10.5. The van der Waals surface area contributed by atoms with Crippen molar-refractivity contribution in [2.45, 2.75) is 37.2 Å². The lowest BCUT2D eigenvalue weighted by Crippen LogP contribution is -2.39. The van der Waals surface area contributed by atoms with Gasteiger partial charge in [0.1, 0.15) is 18.2 Å². The van der Waals surface area contributed by atoms with E-state index < -0.39 is 48.7 Å². The largest absolute Gasteiger partial charge is 0.394 e. The first-order valence-electron chi connectivity index (χ1n) is 6.16. The first-order valence-corrected chi connectivity index (χ1v) is 6.16. The van der Waals surface area contributed by atoms with Gasteiger partial charge in [-0.2, -0.15) is 4.91 Å². The molecule has 8 heteroatoms. The minimum atomic E-state index is -1.22. The molecule has 1 unspecified atom stereocenters. The Balaban J connectivity index is 2.18. The molecular weight excluding hydrogens is 268 g/mol.